The molecule has 0 N–H and O–H groups in total. The van der Waals surface area contributed by atoms with Crippen LogP contribution in [0.15, 0.2) is 106 Å². The molecule has 170 valence electrons. The molecule has 1 saturated heterocycles. The summed E-state index contributed by atoms with van der Waals surface area (Å²) in [4.78, 5) is 16.9. The summed E-state index contributed by atoms with van der Waals surface area (Å²) in [5, 5.41) is 0. The van der Waals surface area contributed by atoms with Gasteiger partial charge in [-0.25, -0.2) is 4.98 Å². The zero-order valence-electron chi connectivity index (χ0n) is 19.2. The highest BCUT2D eigenvalue weighted by Gasteiger charge is 2.49. The number of piperidine rings is 1. The van der Waals surface area contributed by atoms with Gasteiger partial charge in [-0.3, -0.25) is 9.89 Å². The number of aliphatic imine (C=N–C) groups is 2. The number of allylic oxidation sites excluding steroid dienone is 4. The number of rotatable bonds is 7. The van der Waals surface area contributed by atoms with Gasteiger partial charge in [-0.1, -0.05) is 36.8 Å². The van der Waals surface area contributed by atoms with E-state index in [1.165, 1.54) is 32.4 Å². The monoisotopic (exact) mass is 450 g/mol. The number of likely N-dealkylation sites (tertiary alicyclic amines) is 1. The van der Waals surface area contributed by atoms with Crippen LogP contribution in [0.25, 0.3) is 0 Å². The molecule has 2 aromatic rings. The number of amidine groups is 1. The van der Waals surface area contributed by atoms with Gasteiger partial charge < -0.3 is 4.74 Å². The zero-order chi connectivity index (χ0) is 22.8. The second-order valence-corrected chi connectivity index (χ2v) is 8.92. The van der Waals surface area contributed by atoms with E-state index in [4.69, 9.17) is 14.7 Å². The van der Waals surface area contributed by atoms with Crippen LogP contribution in [0.4, 0.5) is 5.82 Å². The summed E-state index contributed by atoms with van der Waals surface area (Å²) >= 11 is 0. The first kappa shape index (κ1) is 21.0. The Kier molecular flexibility index (Phi) is 5.53. The van der Waals surface area contributed by atoms with Gasteiger partial charge in [-0.15, -0.1) is 0 Å². The highest BCUT2D eigenvalue weighted by Crippen LogP contribution is 2.42. The molecule has 0 saturated carbocycles. The molecule has 0 radical (unpaired) electrons. The van der Waals surface area contributed by atoms with Gasteiger partial charge in [-0.05, 0) is 50.2 Å². The van der Waals surface area contributed by atoms with Crippen molar-refractivity contribution in [2.75, 3.05) is 26.2 Å². The number of benzene rings is 1. The number of ether oxygens (including phenoxy) is 1. The highest BCUT2D eigenvalue weighted by atomic mass is 16.5. The fourth-order valence-electron chi connectivity index (χ4n) is 4.98. The molecular formula is C28H28N5O+. The maximum absolute atomic E-state index is 6.19. The van der Waals surface area contributed by atoms with Crippen molar-refractivity contribution in [3.8, 4) is 5.75 Å². The van der Waals surface area contributed by atoms with E-state index in [1.54, 1.807) is 0 Å². The molecule has 0 bridgehead atoms. The van der Waals surface area contributed by atoms with Crippen LogP contribution in [-0.2, 0) is 0 Å². The molecule has 1 fully saturated rings. The molecule has 1 aromatic heterocycles. The second-order valence-electron chi connectivity index (χ2n) is 8.92. The Morgan fingerprint density at radius 1 is 1.03 bits per heavy atom. The molecule has 6 rings (SSSR count). The van der Waals surface area contributed by atoms with Crippen molar-refractivity contribution in [1.29, 1.82) is 0 Å². The first-order valence-electron chi connectivity index (χ1n) is 12.0. The largest absolute Gasteiger partial charge is 0.492 e. The summed E-state index contributed by atoms with van der Waals surface area (Å²) in [6, 6.07) is 14.3. The number of quaternary nitrogens is 1. The van der Waals surface area contributed by atoms with E-state index in [0.717, 1.165) is 46.5 Å². The summed E-state index contributed by atoms with van der Waals surface area (Å²) in [5.74, 6) is 2.64. The van der Waals surface area contributed by atoms with Crippen LogP contribution >= 0.6 is 0 Å². The Morgan fingerprint density at radius 2 is 1.94 bits per heavy atom. The topological polar surface area (TPSA) is 50.1 Å². The summed E-state index contributed by atoms with van der Waals surface area (Å²) in [5.41, 5.74) is 4.06. The number of fused-ring (bicyclic) bond motifs is 1. The summed E-state index contributed by atoms with van der Waals surface area (Å²) in [6.45, 7) is 4.02. The fourth-order valence-corrected chi connectivity index (χ4v) is 4.98. The molecule has 1 aromatic carbocycles. The molecular weight excluding hydrogens is 422 g/mol. The van der Waals surface area contributed by atoms with Crippen LogP contribution in [0.3, 0.4) is 0 Å². The lowest BCUT2D eigenvalue weighted by atomic mass is 10.0. The average molecular weight is 451 g/mol. The average Bonchev–Trinajstić information content (AvgIpc) is 3.20. The Balaban J connectivity index is 1.34. The first-order valence-corrected chi connectivity index (χ1v) is 12.0. The maximum atomic E-state index is 6.19. The molecule has 6 heteroatoms. The second kappa shape index (κ2) is 8.97. The highest BCUT2D eigenvalue weighted by molar-refractivity contribution is 6.16. The summed E-state index contributed by atoms with van der Waals surface area (Å²) < 4.78 is 6.50. The van der Waals surface area contributed by atoms with Gasteiger partial charge in [0.05, 0.1) is 18.0 Å². The van der Waals surface area contributed by atoms with E-state index in [1.807, 2.05) is 55.0 Å². The van der Waals surface area contributed by atoms with Gasteiger partial charge in [0.1, 0.15) is 24.3 Å². The first-order chi connectivity index (χ1) is 16.8. The van der Waals surface area contributed by atoms with Gasteiger partial charge in [0, 0.05) is 24.4 Å². The minimum absolute atomic E-state index is 0.308. The molecule has 0 spiro atoms. The van der Waals surface area contributed by atoms with Gasteiger partial charge in [0.2, 0.25) is 5.82 Å². The number of aromatic nitrogens is 1. The molecule has 1 atom stereocenters. The van der Waals surface area contributed by atoms with Crippen molar-refractivity contribution >= 4 is 17.9 Å². The Labute approximate surface area is 200 Å². The van der Waals surface area contributed by atoms with Gasteiger partial charge in [0.25, 0.3) is 5.84 Å². The van der Waals surface area contributed by atoms with Crippen LogP contribution in [0.2, 0.25) is 0 Å². The molecule has 1 unspecified atom stereocenters. The molecule has 4 heterocycles. The molecule has 4 aliphatic rings. The minimum atomic E-state index is 0.308. The maximum Gasteiger partial charge on any atom is 0.252 e. The van der Waals surface area contributed by atoms with Gasteiger partial charge in [0.15, 0.2) is 5.70 Å². The lowest BCUT2D eigenvalue weighted by Crippen LogP contribution is -2.48. The lowest BCUT2D eigenvalue weighted by molar-refractivity contribution is 0.183. The Bertz CT molecular complexity index is 1260. The van der Waals surface area contributed by atoms with Crippen LogP contribution in [0.5, 0.6) is 5.75 Å². The standard InChI is InChI=1S/C28H28N5O/c1-4-15-32(16-5-1)17-19-34-24-11-7-10-23(20-24)28-31-27(22-8-6-9-22)25-21-29-14-18-33(25,28)26-12-2-3-13-30-26/h2-3,6-14,18,20-21H,1,4-5,15-17,19H2/q+1. The number of hydrogen-bond acceptors (Lipinski definition) is 5. The van der Waals surface area contributed by atoms with Crippen LogP contribution in [-0.4, -0.2) is 48.2 Å². The van der Waals surface area contributed by atoms with Crippen molar-refractivity contribution in [3.63, 3.8) is 0 Å². The quantitative estimate of drug-likeness (QED) is 0.559. The molecule has 34 heavy (non-hydrogen) atoms. The van der Waals surface area contributed by atoms with Crippen molar-refractivity contribution in [2.24, 2.45) is 9.98 Å². The van der Waals surface area contributed by atoms with Crippen molar-refractivity contribution < 1.29 is 4.74 Å². The van der Waals surface area contributed by atoms with E-state index < -0.39 is 0 Å². The molecule has 6 nitrogen and oxygen atoms in total. The minimum Gasteiger partial charge on any atom is -0.492 e. The lowest BCUT2D eigenvalue weighted by Gasteiger charge is -2.31. The Morgan fingerprint density at radius 3 is 2.74 bits per heavy atom. The molecule has 3 aliphatic heterocycles. The van der Waals surface area contributed by atoms with Crippen LogP contribution < -0.4 is 9.22 Å². The van der Waals surface area contributed by atoms with Crippen molar-refractivity contribution in [1.82, 2.24) is 14.4 Å². The van der Waals surface area contributed by atoms with Gasteiger partial charge in [-0.2, -0.15) is 9.48 Å². The fraction of sp³-hybridized carbons (Fsp3) is 0.250. The zero-order valence-corrected chi connectivity index (χ0v) is 19.2. The molecule has 1 aliphatic carbocycles. The van der Waals surface area contributed by atoms with E-state index in [2.05, 4.69) is 40.4 Å². The summed E-state index contributed by atoms with van der Waals surface area (Å²) in [6.07, 6.45) is 17.8. The van der Waals surface area contributed by atoms with Crippen LogP contribution in [0, 0.1) is 0 Å². The smallest absolute Gasteiger partial charge is 0.252 e. The predicted molar refractivity (Wildman–Crippen MR) is 137 cm³/mol. The molecule has 0 amide bonds. The van der Waals surface area contributed by atoms with Crippen molar-refractivity contribution in [2.45, 2.75) is 19.3 Å². The number of pyridine rings is 1. The third-order valence-electron chi connectivity index (χ3n) is 6.80. The van der Waals surface area contributed by atoms with E-state index >= 15 is 0 Å². The number of nitrogens with zero attached hydrogens (tertiary/aromatic N) is 5. The number of hydrogen-bond donors (Lipinski definition) is 0. The normalized spacial score (nSPS) is 23.4. The van der Waals surface area contributed by atoms with Crippen molar-refractivity contribution in [3.05, 3.63) is 102 Å². The predicted octanol–water partition coefficient (Wildman–Crippen LogP) is 4.98. The van der Waals surface area contributed by atoms with E-state index in [0.29, 0.717) is 11.1 Å². The van der Waals surface area contributed by atoms with Crippen LogP contribution in [0.1, 0.15) is 24.8 Å². The van der Waals surface area contributed by atoms with Gasteiger partial charge >= 0.3 is 0 Å². The third kappa shape index (κ3) is 3.65. The van der Waals surface area contributed by atoms with E-state index in [9.17, 15) is 0 Å². The summed E-state index contributed by atoms with van der Waals surface area (Å²) in [7, 11) is 0. The SMILES string of the molecule is C1=CC(C2=C3C=NC=C[N+]3(c3ccccn3)C(c3cccc(OCCN4CCCCC4)c3)=N2)=C1. The third-order valence-corrected chi connectivity index (χ3v) is 6.80. The van der Waals surface area contributed by atoms with E-state index in [-0.39, 0.29) is 0 Å². The Hall–Kier alpha value is -3.61.